The van der Waals surface area contributed by atoms with Gasteiger partial charge >= 0.3 is 0 Å². The Morgan fingerprint density at radius 3 is 2.11 bits per heavy atom. The predicted molar refractivity (Wildman–Crippen MR) is 135 cm³/mol. The first-order chi connectivity index (χ1) is 17.3. The van der Waals surface area contributed by atoms with Crippen molar-refractivity contribution in [1.82, 2.24) is 9.88 Å². The Labute approximate surface area is 207 Å². The summed E-state index contributed by atoms with van der Waals surface area (Å²) in [5.41, 5.74) is 12.6. The lowest BCUT2D eigenvalue weighted by Gasteiger charge is -2.31. The van der Waals surface area contributed by atoms with Gasteiger partial charge in [0.05, 0.1) is 0 Å². The number of carbonyl (C=O) groups is 1. The summed E-state index contributed by atoms with van der Waals surface area (Å²) in [4.78, 5) is 17.6. The van der Waals surface area contributed by atoms with E-state index < -0.39 is 5.92 Å². The molecule has 184 valence electrons. The minimum absolute atomic E-state index is 0.0562. The summed E-state index contributed by atoms with van der Waals surface area (Å²) in [5, 5.41) is 0. The van der Waals surface area contributed by atoms with Crippen LogP contribution < -0.4 is 5.73 Å². The fraction of sp³-hybridized carbons (Fsp3) is 0.207. The van der Waals surface area contributed by atoms with Gasteiger partial charge in [-0.3, -0.25) is 4.79 Å². The number of carbonyl (C=O) groups excluding carboxylic acids is 1. The number of aromatic nitrogens is 1. The third-order valence-electron chi connectivity index (χ3n) is 6.68. The summed E-state index contributed by atoms with van der Waals surface area (Å²) in [6.07, 6.45) is -0.605. The summed E-state index contributed by atoms with van der Waals surface area (Å²) in [6.45, 7) is 0.510. The number of hydrogen-bond acceptors (Lipinski definition) is 2. The molecule has 4 nitrogen and oxygen atoms in total. The molecular weight excluding hydrogens is 463 g/mol. The van der Waals surface area contributed by atoms with Crippen molar-refractivity contribution in [2.75, 3.05) is 13.1 Å². The number of hydrogen-bond donors (Lipinski definition) is 2. The van der Waals surface area contributed by atoms with E-state index in [0.717, 1.165) is 39.2 Å². The number of piperidine rings is 1. The molecule has 0 atom stereocenters. The fourth-order valence-electron chi connectivity index (χ4n) is 4.57. The van der Waals surface area contributed by atoms with Gasteiger partial charge in [0.1, 0.15) is 5.82 Å². The van der Waals surface area contributed by atoms with Gasteiger partial charge in [0.25, 0.3) is 11.8 Å². The van der Waals surface area contributed by atoms with Gasteiger partial charge in [-0.15, -0.1) is 0 Å². The molecule has 4 aromatic rings. The monoisotopic (exact) mass is 489 g/mol. The van der Waals surface area contributed by atoms with Crippen LogP contribution in [0.5, 0.6) is 0 Å². The second-order valence-electron chi connectivity index (χ2n) is 9.09. The molecule has 1 amide bonds. The van der Waals surface area contributed by atoms with Crippen LogP contribution in [0.1, 0.15) is 28.9 Å². The molecule has 1 aliphatic heterocycles. The van der Waals surface area contributed by atoms with Crippen molar-refractivity contribution >= 4 is 5.91 Å². The molecule has 2 heterocycles. The Morgan fingerprint density at radius 2 is 1.47 bits per heavy atom. The van der Waals surface area contributed by atoms with Crippen molar-refractivity contribution in [2.45, 2.75) is 25.3 Å². The Bertz CT molecular complexity index is 1370. The van der Waals surface area contributed by atoms with Crippen LogP contribution in [0.25, 0.3) is 33.5 Å². The Morgan fingerprint density at radius 1 is 0.833 bits per heavy atom. The normalized spacial score (nSPS) is 15.2. The van der Waals surface area contributed by atoms with Crippen LogP contribution in [0.4, 0.5) is 13.2 Å². The molecule has 3 aromatic carbocycles. The van der Waals surface area contributed by atoms with E-state index in [4.69, 9.17) is 5.73 Å². The number of aromatic amines is 1. The van der Waals surface area contributed by atoms with E-state index >= 15 is 0 Å². The predicted octanol–water partition coefficient (Wildman–Crippen LogP) is 6.48. The highest BCUT2D eigenvalue weighted by molar-refractivity contribution is 5.95. The number of nitrogens with two attached hydrogens (primary N) is 1. The van der Waals surface area contributed by atoms with Crippen molar-refractivity contribution < 1.29 is 18.0 Å². The number of H-pyrrole nitrogens is 1. The zero-order valence-corrected chi connectivity index (χ0v) is 19.6. The molecule has 1 fully saturated rings. The molecule has 0 spiro atoms. The maximum absolute atomic E-state index is 13.6. The number of likely N-dealkylation sites (tertiary alicyclic amines) is 1. The summed E-state index contributed by atoms with van der Waals surface area (Å²) in [7, 11) is 0. The van der Waals surface area contributed by atoms with Gasteiger partial charge < -0.3 is 15.6 Å². The van der Waals surface area contributed by atoms with E-state index in [-0.39, 0.29) is 37.7 Å². The maximum Gasteiger partial charge on any atom is 0.253 e. The molecule has 0 bridgehead atoms. The molecule has 7 heteroatoms. The van der Waals surface area contributed by atoms with Crippen molar-refractivity contribution in [3.05, 3.63) is 95.9 Å². The van der Waals surface area contributed by atoms with Crippen molar-refractivity contribution in [3.8, 4) is 33.5 Å². The van der Waals surface area contributed by atoms with Gasteiger partial charge in [-0.2, -0.15) is 0 Å². The smallest absolute Gasteiger partial charge is 0.253 e. The number of rotatable bonds is 5. The molecular formula is C29H26F3N3O. The highest BCUT2D eigenvalue weighted by Crippen LogP contribution is 2.36. The van der Waals surface area contributed by atoms with Gasteiger partial charge in [-0.25, -0.2) is 13.2 Å². The van der Waals surface area contributed by atoms with Gasteiger partial charge in [-0.1, -0.05) is 36.4 Å². The standard InChI is InChI=1S/C29H26F3N3O/c30-23-8-5-20(6-9-23)26-17-22(7-11-25(26)27-12-10-24(18-33)34-27)19-1-3-21(4-2-19)28(36)35-15-13-29(31,32)14-16-35/h1-12,17,34H,13-16,18,33H2. The molecule has 0 unspecified atom stereocenters. The number of amides is 1. The van der Waals surface area contributed by atoms with Gasteiger partial charge in [0.15, 0.2) is 0 Å². The summed E-state index contributed by atoms with van der Waals surface area (Å²) < 4.78 is 40.5. The fourth-order valence-corrected chi connectivity index (χ4v) is 4.57. The van der Waals surface area contributed by atoms with Gasteiger partial charge in [-0.05, 0) is 64.7 Å². The average molecular weight is 490 g/mol. The van der Waals surface area contributed by atoms with Crippen LogP contribution in [0, 0.1) is 5.82 Å². The third-order valence-corrected chi connectivity index (χ3v) is 6.68. The van der Waals surface area contributed by atoms with Crippen LogP contribution in [-0.2, 0) is 6.54 Å². The second-order valence-corrected chi connectivity index (χ2v) is 9.09. The van der Waals surface area contributed by atoms with Gasteiger partial charge in [0, 0.05) is 55.0 Å². The number of alkyl halides is 2. The Kier molecular flexibility index (Phi) is 6.41. The highest BCUT2D eigenvalue weighted by Gasteiger charge is 2.35. The second kappa shape index (κ2) is 9.66. The molecule has 0 radical (unpaired) electrons. The average Bonchev–Trinajstić information content (AvgIpc) is 3.38. The first-order valence-electron chi connectivity index (χ1n) is 11.9. The van der Waals surface area contributed by atoms with Gasteiger partial charge in [0.2, 0.25) is 0 Å². The minimum Gasteiger partial charge on any atom is -0.357 e. The van der Waals surface area contributed by atoms with E-state index in [9.17, 15) is 18.0 Å². The zero-order chi connectivity index (χ0) is 25.3. The van der Waals surface area contributed by atoms with Crippen LogP contribution in [0.3, 0.4) is 0 Å². The van der Waals surface area contributed by atoms with E-state index in [0.29, 0.717) is 12.1 Å². The van der Waals surface area contributed by atoms with Crippen LogP contribution >= 0.6 is 0 Å². The Hall–Kier alpha value is -3.84. The lowest BCUT2D eigenvalue weighted by atomic mass is 9.93. The molecule has 1 aliphatic rings. The van der Waals surface area contributed by atoms with E-state index in [1.807, 2.05) is 42.5 Å². The lowest BCUT2D eigenvalue weighted by Crippen LogP contribution is -2.42. The quantitative estimate of drug-likeness (QED) is 0.337. The van der Waals surface area contributed by atoms with Crippen molar-refractivity contribution in [1.29, 1.82) is 0 Å². The van der Waals surface area contributed by atoms with E-state index in [2.05, 4.69) is 4.98 Å². The summed E-state index contributed by atoms with van der Waals surface area (Å²) in [5.74, 6) is -3.23. The number of benzene rings is 3. The first kappa shape index (κ1) is 23.9. The van der Waals surface area contributed by atoms with E-state index in [1.54, 1.807) is 24.3 Å². The molecule has 1 saturated heterocycles. The molecule has 3 N–H and O–H groups in total. The van der Waals surface area contributed by atoms with Crippen LogP contribution in [0.15, 0.2) is 78.9 Å². The summed E-state index contributed by atoms with van der Waals surface area (Å²) >= 11 is 0. The van der Waals surface area contributed by atoms with Crippen LogP contribution in [-0.4, -0.2) is 34.8 Å². The van der Waals surface area contributed by atoms with E-state index in [1.165, 1.54) is 17.0 Å². The highest BCUT2D eigenvalue weighted by atomic mass is 19.3. The maximum atomic E-state index is 13.6. The topological polar surface area (TPSA) is 62.1 Å². The first-order valence-corrected chi connectivity index (χ1v) is 11.9. The largest absolute Gasteiger partial charge is 0.357 e. The number of nitrogens with one attached hydrogen (secondary N) is 1. The Balaban J connectivity index is 1.45. The number of halogens is 3. The molecule has 0 saturated carbocycles. The summed E-state index contributed by atoms with van der Waals surface area (Å²) in [6, 6.07) is 23.5. The lowest BCUT2D eigenvalue weighted by molar-refractivity contribution is -0.0494. The SMILES string of the molecule is NCc1ccc(-c2ccc(-c3ccc(C(=O)N4CCC(F)(F)CC4)cc3)cc2-c2ccc(F)cc2)[nH]1. The molecule has 0 aliphatic carbocycles. The molecule has 5 rings (SSSR count). The minimum atomic E-state index is -2.69. The van der Waals surface area contributed by atoms with Crippen molar-refractivity contribution in [2.24, 2.45) is 5.73 Å². The zero-order valence-electron chi connectivity index (χ0n) is 19.6. The van der Waals surface area contributed by atoms with Crippen LogP contribution in [0.2, 0.25) is 0 Å². The van der Waals surface area contributed by atoms with Crippen molar-refractivity contribution in [3.63, 3.8) is 0 Å². The number of nitrogens with zero attached hydrogens (tertiary/aromatic N) is 1. The third kappa shape index (κ3) is 4.93. The molecule has 1 aromatic heterocycles. The molecule has 36 heavy (non-hydrogen) atoms.